The first-order valence-electron chi connectivity index (χ1n) is 6.89. The Bertz CT molecular complexity index is 488. The van der Waals surface area contributed by atoms with Gasteiger partial charge >= 0.3 is 0 Å². The van der Waals surface area contributed by atoms with Crippen molar-refractivity contribution in [1.29, 1.82) is 0 Å². The SMILES string of the molecule is CC(NC(=O)CNC(=O)[C@@H](N)C(C)C)c1ccc(Br)cc1. The predicted octanol–water partition coefficient (Wildman–Crippen LogP) is 1.73. The average molecular weight is 356 g/mol. The molecule has 2 amide bonds. The van der Waals surface area contributed by atoms with Gasteiger partial charge in [0.25, 0.3) is 0 Å². The fourth-order valence-corrected chi connectivity index (χ4v) is 1.98. The van der Waals surface area contributed by atoms with Gasteiger partial charge in [0.2, 0.25) is 11.8 Å². The number of halogens is 1. The van der Waals surface area contributed by atoms with Crippen LogP contribution in [0, 0.1) is 5.92 Å². The van der Waals surface area contributed by atoms with E-state index in [4.69, 9.17) is 5.73 Å². The summed E-state index contributed by atoms with van der Waals surface area (Å²) in [6.45, 7) is 5.54. The summed E-state index contributed by atoms with van der Waals surface area (Å²) in [5.74, 6) is -0.513. The number of rotatable bonds is 6. The van der Waals surface area contributed by atoms with Crippen molar-refractivity contribution in [2.45, 2.75) is 32.9 Å². The van der Waals surface area contributed by atoms with Crippen molar-refractivity contribution in [2.24, 2.45) is 11.7 Å². The number of hydrogen-bond acceptors (Lipinski definition) is 3. The Labute approximate surface area is 133 Å². The van der Waals surface area contributed by atoms with Crippen molar-refractivity contribution < 1.29 is 9.59 Å². The second-order valence-corrected chi connectivity index (χ2v) is 6.24. The van der Waals surface area contributed by atoms with Gasteiger partial charge in [-0.05, 0) is 30.5 Å². The molecular formula is C15H22BrN3O2. The number of amides is 2. The lowest BCUT2D eigenvalue weighted by molar-refractivity contribution is -0.127. The zero-order valence-corrected chi connectivity index (χ0v) is 14.1. The minimum atomic E-state index is -0.596. The van der Waals surface area contributed by atoms with Crippen molar-refractivity contribution in [3.05, 3.63) is 34.3 Å². The van der Waals surface area contributed by atoms with E-state index in [-0.39, 0.29) is 30.3 Å². The molecule has 4 N–H and O–H groups in total. The summed E-state index contributed by atoms with van der Waals surface area (Å²) in [6, 6.07) is 6.98. The number of nitrogens with two attached hydrogens (primary N) is 1. The molecule has 21 heavy (non-hydrogen) atoms. The summed E-state index contributed by atoms with van der Waals surface area (Å²) in [4.78, 5) is 23.5. The van der Waals surface area contributed by atoms with Crippen LogP contribution in [0.3, 0.4) is 0 Å². The third-order valence-corrected chi connectivity index (χ3v) is 3.72. The van der Waals surface area contributed by atoms with Crippen molar-refractivity contribution in [3.63, 3.8) is 0 Å². The van der Waals surface area contributed by atoms with E-state index in [0.717, 1.165) is 10.0 Å². The molecule has 116 valence electrons. The Morgan fingerprint density at radius 1 is 1.19 bits per heavy atom. The Kier molecular flexibility index (Phi) is 6.84. The summed E-state index contributed by atoms with van der Waals surface area (Å²) >= 11 is 3.36. The molecule has 0 fully saturated rings. The third kappa shape index (κ3) is 5.85. The zero-order valence-electron chi connectivity index (χ0n) is 12.5. The molecule has 2 atom stereocenters. The van der Waals surface area contributed by atoms with Crippen molar-refractivity contribution in [3.8, 4) is 0 Å². The van der Waals surface area contributed by atoms with Gasteiger partial charge in [0, 0.05) is 4.47 Å². The molecule has 1 aromatic carbocycles. The highest BCUT2D eigenvalue weighted by molar-refractivity contribution is 9.10. The molecule has 0 heterocycles. The smallest absolute Gasteiger partial charge is 0.239 e. The Balaban J connectivity index is 2.43. The maximum Gasteiger partial charge on any atom is 0.239 e. The fourth-order valence-electron chi connectivity index (χ4n) is 1.72. The largest absolute Gasteiger partial charge is 0.348 e. The van der Waals surface area contributed by atoms with E-state index in [1.54, 1.807) is 0 Å². The quantitative estimate of drug-likeness (QED) is 0.726. The van der Waals surface area contributed by atoms with Crippen molar-refractivity contribution in [2.75, 3.05) is 6.54 Å². The van der Waals surface area contributed by atoms with Gasteiger partial charge in [0.15, 0.2) is 0 Å². The first kappa shape index (κ1) is 17.7. The van der Waals surface area contributed by atoms with E-state index < -0.39 is 6.04 Å². The minimum Gasteiger partial charge on any atom is -0.348 e. The van der Waals surface area contributed by atoms with Crippen molar-refractivity contribution >= 4 is 27.7 Å². The van der Waals surface area contributed by atoms with Crippen molar-refractivity contribution in [1.82, 2.24) is 10.6 Å². The molecule has 0 aromatic heterocycles. The highest BCUT2D eigenvalue weighted by Crippen LogP contribution is 2.16. The lowest BCUT2D eigenvalue weighted by Crippen LogP contribution is -2.47. The molecule has 0 saturated heterocycles. The molecule has 1 unspecified atom stereocenters. The molecule has 6 heteroatoms. The van der Waals surface area contributed by atoms with Crippen LogP contribution in [0.4, 0.5) is 0 Å². The summed E-state index contributed by atoms with van der Waals surface area (Å²) in [6.07, 6.45) is 0. The van der Waals surface area contributed by atoms with E-state index in [2.05, 4.69) is 26.6 Å². The molecule has 0 aliphatic rings. The van der Waals surface area contributed by atoms with Gasteiger partial charge in [-0.1, -0.05) is 41.9 Å². The molecule has 0 aliphatic heterocycles. The summed E-state index contributed by atoms with van der Waals surface area (Å²) in [5, 5.41) is 5.38. The Hall–Kier alpha value is -1.40. The third-order valence-electron chi connectivity index (χ3n) is 3.19. The second kappa shape index (κ2) is 8.14. The van der Waals surface area contributed by atoms with Crippen LogP contribution in [0.5, 0.6) is 0 Å². The molecular weight excluding hydrogens is 334 g/mol. The van der Waals surface area contributed by atoms with Crippen LogP contribution in [0.15, 0.2) is 28.7 Å². The number of carbonyl (C=O) groups excluding carboxylic acids is 2. The Morgan fingerprint density at radius 2 is 1.76 bits per heavy atom. The van der Waals surface area contributed by atoms with Gasteiger partial charge in [0.05, 0.1) is 18.6 Å². The molecule has 0 spiro atoms. The Morgan fingerprint density at radius 3 is 2.29 bits per heavy atom. The average Bonchev–Trinajstić information content (AvgIpc) is 2.44. The summed E-state index contributed by atoms with van der Waals surface area (Å²) in [5.41, 5.74) is 6.70. The molecule has 0 aliphatic carbocycles. The number of benzene rings is 1. The lowest BCUT2D eigenvalue weighted by Gasteiger charge is -2.17. The van der Waals surface area contributed by atoms with Crippen LogP contribution >= 0.6 is 15.9 Å². The standard InChI is InChI=1S/C15H22BrN3O2/c1-9(2)14(17)15(21)18-8-13(20)19-10(3)11-4-6-12(16)7-5-11/h4-7,9-10,14H,8,17H2,1-3H3,(H,18,21)(H,19,20)/t10?,14-/m0/s1. The van der Waals surface area contributed by atoms with Crippen LogP contribution in [-0.4, -0.2) is 24.4 Å². The van der Waals surface area contributed by atoms with Gasteiger partial charge in [-0.15, -0.1) is 0 Å². The first-order valence-corrected chi connectivity index (χ1v) is 7.68. The normalized spacial score (nSPS) is 13.6. The number of hydrogen-bond donors (Lipinski definition) is 3. The molecule has 0 bridgehead atoms. The van der Waals surface area contributed by atoms with Gasteiger partial charge < -0.3 is 16.4 Å². The van der Waals surface area contributed by atoms with Gasteiger partial charge in [0.1, 0.15) is 0 Å². The van der Waals surface area contributed by atoms with E-state index in [1.165, 1.54) is 0 Å². The molecule has 5 nitrogen and oxygen atoms in total. The second-order valence-electron chi connectivity index (χ2n) is 5.33. The van der Waals surface area contributed by atoms with Crippen LogP contribution in [0.1, 0.15) is 32.4 Å². The number of nitrogens with one attached hydrogen (secondary N) is 2. The van der Waals surface area contributed by atoms with E-state index in [9.17, 15) is 9.59 Å². The maximum absolute atomic E-state index is 11.8. The van der Waals surface area contributed by atoms with Crippen LogP contribution in [0.2, 0.25) is 0 Å². The molecule has 0 radical (unpaired) electrons. The highest BCUT2D eigenvalue weighted by atomic mass is 79.9. The maximum atomic E-state index is 11.8. The summed E-state index contributed by atoms with van der Waals surface area (Å²) in [7, 11) is 0. The molecule has 0 saturated carbocycles. The predicted molar refractivity (Wildman–Crippen MR) is 86.5 cm³/mol. The van der Waals surface area contributed by atoms with Gasteiger partial charge in [-0.3, -0.25) is 9.59 Å². The van der Waals surface area contributed by atoms with E-state index in [1.807, 2.05) is 45.0 Å². The van der Waals surface area contributed by atoms with Crippen LogP contribution in [-0.2, 0) is 9.59 Å². The topological polar surface area (TPSA) is 84.2 Å². The van der Waals surface area contributed by atoms with Crippen LogP contribution < -0.4 is 16.4 Å². The monoisotopic (exact) mass is 355 g/mol. The van der Waals surface area contributed by atoms with Crippen LogP contribution in [0.25, 0.3) is 0 Å². The van der Waals surface area contributed by atoms with E-state index >= 15 is 0 Å². The van der Waals surface area contributed by atoms with E-state index in [0.29, 0.717) is 0 Å². The highest BCUT2D eigenvalue weighted by Gasteiger charge is 2.18. The fraction of sp³-hybridized carbons (Fsp3) is 0.467. The zero-order chi connectivity index (χ0) is 16.0. The first-order chi connectivity index (χ1) is 9.81. The molecule has 1 rings (SSSR count). The van der Waals surface area contributed by atoms with Gasteiger partial charge in [-0.2, -0.15) is 0 Å². The minimum absolute atomic E-state index is 0.0368. The number of carbonyl (C=O) groups is 2. The van der Waals surface area contributed by atoms with Gasteiger partial charge in [-0.25, -0.2) is 0 Å². The summed E-state index contributed by atoms with van der Waals surface area (Å²) < 4.78 is 0.986. The molecule has 1 aromatic rings. The lowest BCUT2D eigenvalue weighted by atomic mass is 10.1.